The van der Waals surface area contributed by atoms with Crippen molar-refractivity contribution in [1.29, 1.82) is 0 Å². The fourth-order valence-electron chi connectivity index (χ4n) is 3.01. The maximum absolute atomic E-state index is 12.1. The molecule has 1 fully saturated rings. The number of aliphatic hydroxyl groups excluding tert-OH is 2. The van der Waals surface area contributed by atoms with Crippen LogP contribution in [0.2, 0.25) is 0 Å². The molecule has 0 radical (unpaired) electrons. The predicted octanol–water partition coefficient (Wildman–Crippen LogP) is 1.37. The van der Waals surface area contributed by atoms with Crippen LogP contribution < -0.4 is 5.32 Å². The third-order valence-corrected chi connectivity index (χ3v) is 4.50. The van der Waals surface area contributed by atoms with Gasteiger partial charge in [-0.1, -0.05) is 30.3 Å². The van der Waals surface area contributed by atoms with Gasteiger partial charge in [0.25, 0.3) is 0 Å². The molecule has 4 atom stereocenters. The highest BCUT2D eigenvalue weighted by molar-refractivity contribution is 5.75. The first-order valence-corrected chi connectivity index (χ1v) is 8.42. The van der Waals surface area contributed by atoms with Gasteiger partial charge in [-0.3, -0.25) is 4.79 Å². The molecular formula is C18H25NO6. The summed E-state index contributed by atoms with van der Waals surface area (Å²) < 4.78 is 10.0. The summed E-state index contributed by atoms with van der Waals surface area (Å²) in [4.78, 5) is 24.1. The molecule has 4 unspecified atom stereocenters. The number of methoxy groups -OCH3 is 1. The molecule has 25 heavy (non-hydrogen) atoms. The number of carbonyl (C=O) groups is 2. The first kappa shape index (κ1) is 19.2. The molecule has 1 amide bonds. The number of carbonyl (C=O) groups excluding carboxylic acids is 2. The van der Waals surface area contributed by atoms with Crippen LogP contribution in [0.5, 0.6) is 0 Å². The van der Waals surface area contributed by atoms with E-state index in [0.717, 1.165) is 5.56 Å². The second-order valence-electron chi connectivity index (χ2n) is 6.23. The highest BCUT2D eigenvalue weighted by atomic mass is 16.5. The van der Waals surface area contributed by atoms with Crippen molar-refractivity contribution in [3.63, 3.8) is 0 Å². The van der Waals surface area contributed by atoms with Crippen LogP contribution >= 0.6 is 0 Å². The van der Waals surface area contributed by atoms with Crippen molar-refractivity contribution in [2.24, 2.45) is 5.92 Å². The van der Waals surface area contributed by atoms with Crippen molar-refractivity contribution in [3.05, 3.63) is 35.9 Å². The first-order valence-electron chi connectivity index (χ1n) is 8.42. The Morgan fingerprint density at radius 1 is 1.08 bits per heavy atom. The highest BCUT2D eigenvalue weighted by Gasteiger charge is 2.35. The van der Waals surface area contributed by atoms with Gasteiger partial charge in [0.2, 0.25) is 0 Å². The van der Waals surface area contributed by atoms with Gasteiger partial charge in [-0.05, 0) is 31.2 Å². The van der Waals surface area contributed by atoms with Gasteiger partial charge < -0.3 is 25.0 Å². The van der Waals surface area contributed by atoms with Gasteiger partial charge in [0, 0.05) is 6.04 Å². The summed E-state index contributed by atoms with van der Waals surface area (Å²) in [7, 11) is 1.29. The summed E-state index contributed by atoms with van der Waals surface area (Å²) in [5, 5.41) is 22.4. The van der Waals surface area contributed by atoms with E-state index in [2.05, 4.69) is 5.32 Å². The first-order chi connectivity index (χ1) is 12.0. The lowest BCUT2D eigenvalue weighted by Gasteiger charge is -2.31. The van der Waals surface area contributed by atoms with E-state index < -0.39 is 36.2 Å². The SMILES string of the molecule is COC(=O)C1CCC(O)C(O)CCC1NC(=O)OCc1ccccc1. The smallest absolute Gasteiger partial charge is 0.407 e. The third kappa shape index (κ3) is 5.72. The van der Waals surface area contributed by atoms with Crippen LogP contribution in [-0.4, -0.2) is 47.6 Å². The zero-order chi connectivity index (χ0) is 18.2. The van der Waals surface area contributed by atoms with E-state index in [4.69, 9.17) is 9.47 Å². The second kappa shape index (κ2) is 9.39. The molecule has 0 spiro atoms. The monoisotopic (exact) mass is 351 g/mol. The number of nitrogens with one attached hydrogen (secondary N) is 1. The standard InChI is InChI=1S/C18H25NO6/c1-24-17(22)13-7-9-15(20)16(21)10-8-14(13)19-18(23)25-11-12-5-3-2-4-6-12/h2-6,13-16,20-21H,7-11H2,1H3,(H,19,23). The van der Waals surface area contributed by atoms with E-state index in [9.17, 15) is 19.8 Å². The maximum atomic E-state index is 12.1. The molecule has 1 aromatic rings. The second-order valence-corrected chi connectivity index (χ2v) is 6.23. The number of benzene rings is 1. The molecule has 7 nitrogen and oxygen atoms in total. The molecule has 0 aliphatic heterocycles. The average Bonchev–Trinajstić information content (AvgIpc) is 2.63. The zero-order valence-electron chi connectivity index (χ0n) is 14.3. The molecule has 0 saturated heterocycles. The largest absolute Gasteiger partial charge is 0.469 e. The van der Waals surface area contributed by atoms with Gasteiger partial charge in [-0.25, -0.2) is 4.79 Å². The Kier molecular flexibility index (Phi) is 7.21. The van der Waals surface area contributed by atoms with Crippen LogP contribution in [0.15, 0.2) is 30.3 Å². The summed E-state index contributed by atoms with van der Waals surface area (Å²) >= 11 is 0. The molecule has 138 valence electrons. The number of ether oxygens (including phenoxy) is 2. The Bertz CT molecular complexity index is 564. The number of aliphatic hydroxyl groups is 2. The predicted molar refractivity (Wildman–Crippen MR) is 89.5 cm³/mol. The molecule has 2 rings (SSSR count). The van der Waals surface area contributed by atoms with Gasteiger partial charge in [-0.15, -0.1) is 0 Å². The summed E-state index contributed by atoms with van der Waals surface area (Å²) in [6.45, 7) is 0.129. The highest BCUT2D eigenvalue weighted by Crippen LogP contribution is 2.25. The van der Waals surface area contributed by atoms with Crippen molar-refractivity contribution < 1.29 is 29.3 Å². The van der Waals surface area contributed by atoms with Crippen molar-refractivity contribution >= 4 is 12.1 Å². The van der Waals surface area contributed by atoms with Crippen molar-refractivity contribution in [3.8, 4) is 0 Å². The van der Waals surface area contributed by atoms with E-state index in [0.29, 0.717) is 12.8 Å². The summed E-state index contributed by atoms with van der Waals surface area (Å²) in [5.41, 5.74) is 0.860. The minimum atomic E-state index is -0.877. The summed E-state index contributed by atoms with van der Waals surface area (Å²) in [5.74, 6) is -1.03. The van der Waals surface area contributed by atoms with Gasteiger partial charge >= 0.3 is 12.1 Å². The Morgan fingerprint density at radius 2 is 1.72 bits per heavy atom. The summed E-state index contributed by atoms with van der Waals surface area (Å²) in [6.07, 6.45) is -1.18. The molecule has 1 aliphatic rings. The van der Waals surface area contributed by atoms with Crippen molar-refractivity contribution in [2.75, 3.05) is 7.11 Å². The molecule has 1 aliphatic carbocycles. The van der Waals surface area contributed by atoms with Crippen LogP contribution in [0.1, 0.15) is 31.2 Å². The van der Waals surface area contributed by atoms with Crippen LogP contribution in [0.25, 0.3) is 0 Å². The molecule has 1 saturated carbocycles. The van der Waals surface area contributed by atoms with Crippen LogP contribution in [0, 0.1) is 5.92 Å². The van der Waals surface area contributed by atoms with Crippen molar-refractivity contribution in [1.82, 2.24) is 5.32 Å². The van der Waals surface area contributed by atoms with Crippen LogP contribution in [-0.2, 0) is 20.9 Å². The van der Waals surface area contributed by atoms with Gasteiger partial charge in [-0.2, -0.15) is 0 Å². The Labute approximate surface area is 146 Å². The third-order valence-electron chi connectivity index (χ3n) is 4.50. The number of hydrogen-bond donors (Lipinski definition) is 3. The molecule has 0 heterocycles. The van der Waals surface area contributed by atoms with Crippen LogP contribution in [0.4, 0.5) is 4.79 Å². The normalized spacial score (nSPS) is 26.8. The number of alkyl carbamates (subject to hydrolysis) is 1. The van der Waals surface area contributed by atoms with E-state index in [-0.39, 0.29) is 19.4 Å². The van der Waals surface area contributed by atoms with Crippen LogP contribution in [0.3, 0.4) is 0 Å². The number of rotatable bonds is 4. The van der Waals surface area contributed by atoms with Gasteiger partial charge in [0.05, 0.1) is 25.2 Å². The fourth-order valence-corrected chi connectivity index (χ4v) is 3.01. The lowest BCUT2D eigenvalue weighted by atomic mass is 9.84. The number of esters is 1. The number of hydrogen-bond acceptors (Lipinski definition) is 6. The molecule has 7 heteroatoms. The van der Waals surface area contributed by atoms with E-state index >= 15 is 0 Å². The molecule has 1 aromatic carbocycles. The lowest BCUT2D eigenvalue weighted by molar-refractivity contribution is -0.147. The minimum Gasteiger partial charge on any atom is -0.469 e. The van der Waals surface area contributed by atoms with Gasteiger partial charge in [0.15, 0.2) is 0 Å². The van der Waals surface area contributed by atoms with E-state index in [1.165, 1.54) is 7.11 Å². The Hall–Kier alpha value is -2.12. The van der Waals surface area contributed by atoms with E-state index in [1.54, 1.807) is 0 Å². The average molecular weight is 351 g/mol. The molecule has 0 aromatic heterocycles. The molecular weight excluding hydrogens is 326 g/mol. The quantitative estimate of drug-likeness (QED) is 0.708. The Balaban J connectivity index is 1.96. The summed E-state index contributed by atoms with van der Waals surface area (Å²) in [6, 6.07) is 8.75. The maximum Gasteiger partial charge on any atom is 0.407 e. The minimum absolute atomic E-state index is 0.129. The molecule has 3 N–H and O–H groups in total. The fraction of sp³-hybridized carbons (Fsp3) is 0.556. The van der Waals surface area contributed by atoms with Crippen molar-refractivity contribution in [2.45, 2.75) is 50.5 Å². The number of amides is 1. The van der Waals surface area contributed by atoms with Gasteiger partial charge in [0.1, 0.15) is 6.61 Å². The van der Waals surface area contributed by atoms with E-state index in [1.807, 2.05) is 30.3 Å². The topological polar surface area (TPSA) is 105 Å². The molecule has 0 bridgehead atoms. The lowest BCUT2D eigenvalue weighted by Crippen LogP contribution is -2.46. The zero-order valence-corrected chi connectivity index (χ0v) is 14.3. The Morgan fingerprint density at radius 3 is 2.36 bits per heavy atom.